The van der Waals surface area contributed by atoms with E-state index in [0.29, 0.717) is 11.5 Å². The van der Waals surface area contributed by atoms with Crippen molar-refractivity contribution in [3.63, 3.8) is 0 Å². The van der Waals surface area contributed by atoms with Crippen LogP contribution in [0.25, 0.3) is 0 Å². The molecule has 0 heterocycles. The molecule has 0 fully saturated rings. The van der Waals surface area contributed by atoms with E-state index in [0.717, 1.165) is 3.57 Å². The molecule has 0 radical (unpaired) electrons. The highest BCUT2D eigenvalue weighted by Gasteiger charge is 2.11. The third-order valence-corrected chi connectivity index (χ3v) is 2.96. The first-order chi connectivity index (χ1) is 8.56. The van der Waals surface area contributed by atoms with Gasteiger partial charge in [-0.1, -0.05) is 0 Å². The van der Waals surface area contributed by atoms with Gasteiger partial charge in [0.25, 0.3) is 5.69 Å². The van der Waals surface area contributed by atoms with Crippen molar-refractivity contribution in [1.82, 2.24) is 0 Å². The molecule has 0 saturated carbocycles. The van der Waals surface area contributed by atoms with Crippen molar-refractivity contribution in [3.8, 4) is 11.5 Å². The Balaban J connectivity index is 2.22. The summed E-state index contributed by atoms with van der Waals surface area (Å²) in [5.74, 6) is 1.13. The molecule has 0 saturated heterocycles. The average Bonchev–Trinajstić information content (AvgIpc) is 2.32. The molecule has 0 spiro atoms. The van der Waals surface area contributed by atoms with Gasteiger partial charge in [0, 0.05) is 15.7 Å². The zero-order valence-corrected chi connectivity index (χ0v) is 11.3. The number of benzene rings is 2. The minimum Gasteiger partial charge on any atom is -0.457 e. The summed E-state index contributed by atoms with van der Waals surface area (Å²) in [7, 11) is 0. The number of nitrogen functional groups attached to an aromatic ring is 1. The number of hydrogen-bond donors (Lipinski definition) is 1. The number of nitrogens with zero attached hydrogens (tertiary/aromatic N) is 1. The van der Waals surface area contributed by atoms with Crippen molar-refractivity contribution in [3.05, 3.63) is 56.1 Å². The fraction of sp³-hybridized carbons (Fsp3) is 0. The van der Waals surface area contributed by atoms with Crippen molar-refractivity contribution < 1.29 is 9.66 Å². The molecule has 2 rings (SSSR count). The first-order valence-corrected chi connectivity index (χ1v) is 6.11. The summed E-state index contributed by atoms with van der Waals surface area (Å²) in [6.07, 6.45) is 0. The fourth-order valence-corrected chi connectivity index (χ4v) is 1.76. The lowest BCUT2D eigenvalue weighted by Crippen LogP contribution is -1.95. The normalized spacial score (nSPS) is 10.1. The van der Waals surface area contributed by atoms with Gasteiger partial charge in [-0.2, -0.15) is 0 Å². The zero-order chi connectivity index (χ0) is 13.1. The predicted molar refractivity (Wildman–Crippen MR) is 76.7 cm³/mol. The molecule has 6 heteroatoms. The number of rotatable bonds is 3. The van der Waals surface area contributed by atoms with Gasteiger partial charge >= 0.3 is 0 Å². The Labute approximate surface area is 117 Å². The molecule has 0 aliphatic carbocycles. The molecule has 0 unspecified atom stereocenters. The van der Waals surface area contributed by atoms with Crippen molar-refractivity contribution >= 4 is 34.0 Å². The molecule has 0 aromatic heterocycles. The van der Waals surface area contributed by atoms with Crippen LogP contribution < -0.4 is 10.5 Å². The van der Waals surface area contributed by atoms with Gasteiger partial charge in [0.15, 0.2) is 0 Å². The first kappa shape index (κ1) is 12.6. The smallest absolute Gasteiger partial charge is 0.292 e. The number of nitro benzene ring substituents is 1. The van der Waals surface area contributed by atoms with Crippen LogP contribution in [-0.2, 0) is 0 Å². The Morgan fingerprint density at radius 3 is 2.28 bits per heavy atom. The summed E-state index contributed by atoms with van der Waals surface area (Å²) in [5.41, 5.74) is 5.54. The molecule has 2 N–H and O–H groups in total. The summed E-state index contributed by atoms with van der Waals surface area (Å²) in [6, 6.07) is 11.7. The fourth-order valence-electron chi connectivity index (χ4n) is 1.40. The van der Waals surface area contributed by atoms with E-state index < -0.39 is 4.92 Å². The van der Waals surface area contributed by atoms with E-state index in [1.807, 2.05) is 24.3 Å². The van der Waals surface area contributed by atoms with E-state index in [9.17, 15) is 10.1 Å². The van der Waals surface area contributed by atoms with Crippen LogP contribution in [0.3, 0.4) is 0 Å². The van der Waals surface area contributed by atoms with Crippen LogP contribution in [0.1, 0.15) is 0 Å². The topological polar surface area (TPSA) is 78.4 Å². The van der Waals surface area contributed by atoms with Gasteiger partial charge in [-0.15, -0.1) is 0 Å². The molecule has 0 aliphatic rings. The SMILES string of the molecule is Nc1cc(Oc2ccc(I)cc2)ccc1[N+](=O)[O-]. The summed E-state index contributed by atoms with van der Waals surface area (Å²) in [6.45, 7) is 0. The third-order valence-electron chi connectivity index (χ3n) is 2.25. The molecular weight excluding hydrogens is 347 g/mol. The first-order valence-electron chi connectivity index (χ1n) is 5.03. The Kier molecular flexibility index (Phi) is 3.66. The van der Waals surface area contributed by atoms with Crippen molar-refractivity contribution in [2.75, 3.05) is 5.73 Å². The van der Waals surface area contributed by atoms with E-state index in [-0.39, 0.29) is 11.4 Å². The largest absolute Gasteiger partial charge is 0.457 e. The predicted octanol–water partition coefficient (Wildman–Crippen LogP) is 3.57. The monoisotopic (exact) mass is 356 g/mol. The van der Waals surface area contributed by atoms with E-state index in [2.05, 4.69) is 22.6 Å². The van der Waals surface area contributed by atoms with E-state index in [4.69, 9.17) is 10.5 Å². The Hall–Kier alpha value is -1.83. The molecule has 2 aromatic rings. The van der Waals surface area contributed by atoms with Crippen molar-refractivity contribution in [2.45, 2.75) is 0 Å². The third kappa shape index (κ3) is 2.89. The average molecular weight is 356 g/mol. The van der Waals surface area contributed by atoms with Gasteiger partial charge in [0.1, 0.15) is 17.2 Å². The Morgan fingerprint density at radius 1 is 1.11 bits per heavy atom. The van der Waals surface area contributed by atoms with Crippen molar-refractivity contribution in [1.29, 1.82) is 0 Å². The number of hydrogen-bond acceptors (Lipinski definition) is 4. The Bertz CT molecular complexity index is 584. The molecular formula is C12H9IN2O3. The maximum atomic E-state index is 10.6. The number of halogens is 1. The Morgan fingerprint density at radius 2 is 1.72 bits per heavy atom. The standard InChI is InChI=1S/C12H9IN2O3/c13-8-1-3-9(4-2-8)18-10-5-6-12(15(16)17)11(14)7-10/h1-7H,14H2. The highest BCUT2D eigenvalue weighted by Crippen LogP contribution is 2.29. The van der Waals surface area contributed by atoms with Crippen molar-refractivity contribution in [2.24, 2.45) is 0 Å². The second kappa shape index (κ2) is 5.21. The quantitative estimate of drug-likeness (QED) is 0.395. The maximum absolute atomic E-state index is 10.6. The van der Waals surface area contributed by atoms with E-state index >= 15 is 0 Å². The van der Waals surface area contributed by atoms with Crippen LogP contribution >= 0.6 is 22.6 Å². The van der Waals surface area contributed by atoms with Crippen LogP contribution in [0, 0.1) is 13.7 Å². The van der Waals surface area contributed by atoms with Crippen LogP contribution in [0.4, 0.5) is 11.4 Å². The molecule has 0 bridgehead atoms. The number of ether oxygens (including phenoxy) is 1. The molecule has 5 nitrogen and oxygen atoms in total. The molecule has 0 amide bonds. The van der Waals surface area contributed by atoms with Gasteiger partial charge in [-0.25, -0.2) is 0 Å². The van der Waals surface area contributed by atoms with Gasteiger partial charge in [-0.05, 0) is 52.9 Å². The minimum atomic E-state index is -0.524. The molecule has 0 atom stereocenters. The summed E-state index contributed by atoms with van der Waals surface area (Å²) < 4.78 is 6.64. The highest BCUT2D eigenvalue weighted by molar-refractivity contribution is 14.1. The molecule has 92 valence electrons. The molecule has 18 heavy (non-hydrogen) atoms. The summed E-state index contributed by atoms with van der Waals surface area (Å²) in [4.78, 5) is 10.1. The van der Waals surface area contributed by atoms with Crippen LogP contribution in [0.2, 0.25) is 0 Å². The van der Waals surface area contributed by atoms with E-state index in [1.54, 1.807) is 0 Å². The van der Waals surface area contributed by atoms with Gasteiger partial charge in [0.05, 0.1) is 4.92 Å². The molecule has 0 aliphatic heterocycles. The van der Waals surface area contributed by atoms with Crippen LogP contribution in [-0.4, -0.2) is 4.92 Å². The maximum Gasteiger partial charge on any atom is 0.292 e. The summed E-state index contributed by atoms with van der Waals surface area (Å²) >= 11 is 2.19. The molecule has 2 aromatic carbocycles. The second-order valence-electron chi connectivity index (χ2n) is 3.53. The lowest BCUT2D eigenvalue weighted by molar-refractivity contribution is -0.383. The number of anilines is 1. The minimum absolute atomic E-state index is 0.0861. The van der Waals surface area contributed by atoms with Crippen LogP contribution in [0.15, 0.2) is 42.5 Å². The second-order valence-corrected chi connectivity index (χ2v) is 4.78. The van der Waals surface area contributed by atoms with Gasteiger partial charge < -0.3 is 10.5 Å². The van der Waals surface area contributed by atoms with Gasteiger partial charge in [-0.3, -0.25) is 10.1 Å². The van der Waals surface area contributed by atoms with Gasteiger partial charge in [0.2, 0.25) is 0 Å². The zero-order valence-electron chi connectivity index (χ0n) is 9.17. The number of nitrogens with two attached hydrogens (primary N) is 1. The highest BCUT2D eigenvalue weighted by atomic mass is 127. The summed E-state index contributed by atoms with van der Waals surface area (Å²) in [5, 5.41) is 10.6. The number of nitro groups is 1. The van der Waals surface area contributed by atoms with E-state index in [1.165, 1.54) is 18.2 Å². The lowest BCUT2D eigenvalue weighted by Gasteiger charge is -2.06. The lowest BCUT2D eigenvalue weighted by atomic mass is 10.2. The van der Waals surface area contributed by atoms with Crippen LogP contribution in [0.5, 0.6) is 11.5 Å².